The summed E-state index contributed by atoms with van der Waals surface area (Å²) < 4.78 is 28.1. The van der Waals surface area contributed by atoms with Crippen molar-refractivity contribution in [2.24, 2.45) is 0 Å². The van der Waals surface area contributed by atoms with E-state index in [-0.39, 0.29) is 12.8 Å². The monoisotopic (exact) mass is 334 g/mol. The quantitative estimate of drug-likeness (QED) is 0.741. The number of hydrogen-bond donors (Lipinski definition) is 3. The molecule has 1 aliphatic rings. The average Bonchev–Trinajstić information content (AvgIpc) is 2.34. The zero-order valence-electron chi connectivity index (χ0n) is 9.92. The molecule has 1 aliphatic carbocycles. The second-order valence-corrected chi connectivity index (χ2v) is 5.37. The zero-order chi connectivity index (χ0) is 14.1. The lowest BCUT2D eigenvalue weighted by Gasteiger charge is -2.41. The maximum Gasteiger partial charge on any atom is 0.354 e. The van der Waals surface area contributed by atoms with Crippen LogP contribution in [0.15, 0.2) is 28.7 Å². The molecule has 1 aromatic rings. The summed E-state index contributed by atoms with van der Waals surface area (Å²) in [7, 11) is 0. The molecular formula is C12H13BrF2N2O2. The molecule has 1 saturated carbocycles. The highest BCUT2D eigenvalue weighted by molar-refractivity contribution is 9.10. The molecule has 0 heterocycles. The lowest BCUT2D eigenvalue weighted by Crippen LogP contribution is -2.61. The van der Waals surface area contributed by atoms with Crippen LogP contribution in [0.2, 0.25) is 0 Å². The van der Waals surface area contributed by atoms with Crippen LogP contribution in [0.5, 0.6) is 0 Å². The molecule has 0 atom stereocenters. The lowest BCUT2D eigenvalue weighted by molar-refractivity contribution is -0.215. The number of amides is 1. The standard InChI is InChI=1S/C12H13BrF2N2O2/c13-8-4-1-2-5-9(8)16-17-10(18)12(14,15)11(19)6-3-7-11/h1-2,4-5,16,19H,3,6-7H2,(H,17,18). The minimum absolute atomic E-state index is 0.0670. The molecule has 0 unspecified atom stereocenters. The molecule has 3 N–H and O–H groups in total. The normalized spacial score (nSPS) is 17.5. The summed E-state index contributed by atoms with van der Waals surface area (Å²) in [4.78, 5) is 11.5. The first kappa shape index (κ1) is 14.2. The molecule has 0 bridgehead atoms. The summed E-state index contributed by atoms with van der Waals surface area (Å²) in [5.74, 6) is -5.34. The number of rotatable bonds is 4. The van der Waals surface area contributed by atoms with Crippen LogP contribution >= 0.6 is 15.9 Å². The van der Waals surface area contributed by atoms with E-state index in [0.717, 1.165) is 0 Å². The predicted molar refractivity (Wildman–Crippen MR) is 69.7 cm³/mol. The molecular weight excluding hydrogens is 322 g/mol. The van der Waals surface area contributed by atoms with Gasteiger partial charge in [0, 0.05) is 4.47 Å². The second kappa shape index (κ2) is 5.05. The maximum atomic E-state index is 13.7. The molecule has 0 aromatic heterocycles. The van der Waals surface area contributed by atoms with Crippen molar-refractivity contribution in [1.82, 2.24) is 5.43 Å². The van der Waals surface area contributed by atoms with Crippen molar-refractivity contribution in [3.63, 3.8) is 0 Å². The third-order valence-corrected chi connectivity index (χ3v) is 3.93. The van der Waals surface area contributed by atoms with Crippen molar-refractivity contribution in [2.45, 2.75) is 30.8 Å². The molecule has 4 nitrogen and oxygen atoms in total. The number of aliphatic hydroxyl groups is 1. The number of hydrogen-bond acceptors (Lipinski definition) is 3. The Morgan fingerprint density at radius 1 is 1.37 bits per heavy atom. The lowest BCUT2D eigenvalue weighted by atomic mass is 9.75. The van der Waals surface area contributed by atoms with Gasteiger partial charge in [0.2, 0.25) is 0 Å². The van der Waals surface area contributed by atoms with Gasteiger partial charge in [-0.15, -0.1) is 0 Å². The Balaban J connectivity index is 2.00. The van der Waals surface area contributed by atoms with E-state index in [1.54, 1.807) is 24.3 Å². The van der Waals surface area contributed by atoms with Gasteiger partial charge in [-0.25, -0.2) is 0 Å². The summed E-state index contributed by atoms with van der Waals surface area (Å²) in [6.45, 7) is 0. The number of halogens is 3. The number of para-hydroxylation sites is 1. The van der Waals surface area contributed by atoms with E-state index >= 15 is 0 Å². The van der Waals surface area contributed by atoms with Gasteiger partial charge in [-0.3, -0.25) is 15.6 Å². The Morgan fingerprint density at radius 2 is 2.00 bits per heavy atom. The third kappa shape index (κ3) is 2.57. The van der Waals surface area contributed by atoms with Crippen molar-refractivity contribution in [3.05, 3.63) is 28.7 Å². The summed E-state index contributed by atoms with van der Waals surface area (Å²) in [5.41, 5.74) is 2.56. The fourth-order valence-corrected chi connectivity index (χ4v) is 2.19. The van der Waals surface area contributed by atoms with Gasteiger partial charge < -0.3 is 5.11 Å². The second-order valence-electron chi connectivity index (χ2n) is 4.52. The van der Waals surface area contributed by atoms with Gasteiger partial charge in [-0.1, -0.05) is 12.1 Å². The van der Waals surface area contributed by atoms with Crippen molar-refractivity contribution >= 4 is 27.5 Å². The Kier molecular flexibility index (Phi) is 3.78. The number of anilines is 1. The van der Waals surface area contributed by atoms with Crippen LogP contribution < -0.4 is 10.9 Å². The number of hydrazine groups is 1. The van der Waals surface area contributed by atoms with Crippen molar-refractivity contribution in [2.75, 3.05) is 5.43 Å². The number of benzene rings is 1. The molecule has 0 saturated heterocycles. The van der Waals surface area contributed by atoms with E-state index in [1.807, 2.05) is 5.43 Å². The molecule has 104 valence electrons. The van der Waals surface area contributed by atoms with Crippen LogP contribution in [0, 0.1) is 0 Å². The first-order valence-electron chi connectivity index (χ1n) is 5.78. The summed E-state index contributed by atoms with van der Waals surface area (Å²) >= 11 is 3.21. The van der Waals surface area contributed by atoms with Crippen LogP contribution in [0.25, 0.3) is 0 Å². The van der Waals surface area contributed by atoms with Crippen molar-refractivity contribution in [3.8, 4) is 0 Å². The van der Waals surface area contributed by atoms with E-state index in [1.165, 1.54) is 0 Å². The highest BCUT2D eigenvalue weighted by Crippen LogP contribution is 2.44. The number of carbonyl (C=O) groups is 1. The smallest absolute Gasteiger partial charge is 0.354 e. The Hall–Kier alpha value is -1.21. The van der Waals surface area contributed by atoms with E-state index < -0.39 is 17.4 Å². The topological polar surface area (TPSA) is 61.4 Å². The number of nitrogens with one attached hydrogen (secondary N) is 2. The average molecular weight is 335 g/mol. The van der Waals surface area contributed by atoms with Crippen LogP contribution in [0.1, 0.15) is 19.3 Å². The van der Waals surface area contributed by atoms with Crippen LogP contribution in [-0.4, -0.2) is 22.5 Å². The Morgan fingerprint density at radius 3 is 2.53 bits per heavy atom. The highest BCUT2D eigenvalue weighted by atomic mass is 79.9. The fraction of sp³-hybridized carbons (Fsp3) is 0.417. The molecule has 0 spiro atoms. The SMILES string of the molecule is O=C(NNc1ccccc1Br)C(F)(F)C1(O)CCC1. The fourth-order valence-electron chi connectivity index (χ4n) is 1.80. The largest absolute Gasteiger partial charge is 0.383 e. The molecule has 2 rings (SSSR count). The minimum Gasteiger partial charge on any atom is -0.383 e. The van der Waals surface area contributed by atoms with Crippen molar-refractivity contribution in [1.29, 1.82) is 0 Å². The third-order valence-electron chi connectivity index (χ3n) is 3.23. The van der Waals surface area contributed by atoms with E-state index in [0.29, 0.717) is 16.6 Å². The summed E-state index contributed by atoms with van der Waals surface area (Å²) in [6, 6.07) is 6.76. The molecule has 1 amide bonds. The Bertz CT molecular complexity index is 492. The van der Waals surface area contributed by atoms with Gasteiger partial charge in [-0.05, 0) is 47.3 Å². The van der Waals surface area contributed by atoms with Gasteiger partial charge in [-0.2, -0.15) is 8.78 Å². The molecule has 0 radical (unpaired) electrons. The van der Waals surface area contributed by atoms with Gasteiger partial charge >= 0.3 is 11.8 Å². The molecule has 19 heavy (non-hydrogen) atoms. The van der Waals surface area contributed by atoms with Crippen LogP contribution in [0.4, 0.5) is 14.5 Å². The number of alkyl halides is 2. The van der Waals surface area contributed by atoms with Gasteiger partial charge in [0.05, 0.1) is 5.69 Å². The maximum absolute atomic E-state index is 13.7. The Labute approximate surface area is 117 Å². The highest BCUT2D eigenvalue weighted by Gasteiger charge is 2.61. The molecule has 1 fully saturated rings. The summed E-state index contributed by atoms with van der Waals surface area (Å²) in [6.07, 6.45) is 0.363. The van der Waals surface area contributed by atoms with Crippen LogP contribution in [-0.2, 0) is 4.79 Å². The van der Waals surface area contributed by atoms with Gasteiger partial charge in [0.25, 0.3) is 0 Å². The number of carbonyl (C=O) groups excluding carboxylic acids is 1. The van der Waals surface area contributed by atoms with Crippen molar-refractivity contribution < 1.29 is 18.7 Å². The van der Waals surface area contributed by atoms with Crippen LogP contribution in [0.3, 0.4) is 0 Å². The molecule has 1 aromatic carbocycles. The van der Waals surface area contributed by atoms with E-state index in [9.17, 15) is 18.7 Å². The van der Waals surface area contributed by atoms with Gasteiger partial charge in [0.15, 0.2) is 0 Å². The van der Waals surface area contributed by atoms with Gasteiger partial charge in [0.1, 0.15) is 5.60 Å². The molecule has 0 aliphatic heterocycles. The summed E-state index contributed by atoms with van der Waals surface area (Å²) in [5, 5.41) is 9.61. The first-order chi connectivity index (χ1) is 8.87. The molecule has 7 heteroatoms. The van der Waals surface area contributed by atoms with E-state index in [4.69, 9.17) is 0 Å². The predicted octanol–water partition coefficient (Wildman–Crippen LogP) is 2.44. The van der Waals surface area contributed by atoms with E-state index in [2.05, 4.69) is 21.4 Å². The minimum atomic E-state index is -3.81. The zero-order valence-corrected chi connectivity index (χ0v) is 11.5. The first-order valence-corrected chi connectivity index (χ1v) is 6.57.